The molecule has 0 saturated heterocycles. The fraction of sp³-hybridized carbons (Fsp3) is 0.222. The minimum Gasteiger partial charge on any atom is -0.507 e. The third-order valence-corrected chi connectivity index (χ3v) is 3.35. The zero-order chi connectivity index (χ0) is 16.7. The molecule has 1 unspecified atom stereocenters. The van der Waals surface area contributed by atoms with Gasteiger partial charge in [-0.3, -0.25) is 4.79 Å². The lowest BCUT2D eigenvalue weighted by Gasteiger charge is -2.16. The molecule has 0 heterocycles. The van der Waals surface area contributed by atoms with Crippen molar-refractivity contribution in [3.05, 3.63) is 65.7 Å². The minimum atomic E-state index is -0.897. The SMILES string of the molecule is CCC(OC(=O)c1ccccc1O)C(=O)NCc1ccccc1. The Hall–Kier alpha value is -2.82. The number of ether oxygens (including phenoxy) is 1. The number of phenolic OH excluding ortho intramolecular Hbond substituents is 1. The number of hydrogen-bond acceptors (Lipinski definition) is 4. The zero-order valence-electron chi connectivity index (χ0n) is 12.9. The summed E-state index contributed by atoms with van der Waals surface area (Å²) in [4.78, 5) is 24.2. The number of para-hydroxylation sites is 1. The number of aromatic hydroxyl groups is 1. The molecule has 0 fully saturated rings. The third-order valence-electron chi connectivity index (χ3n) is 3.35. The van der Waals surface area contributed by atoms with Crippen molar-refractivity contribution in [2.24, 2.45) is 0 Å². The van der Waals surface area contributed by atoms with Crippen LogP contribution in [0, 0.1) is 0 Å². The molecule has 2 aromatic rings. The number of benzene rings is 2. The van der Waals surface area contributed by atoms with Crippen molar-refractivity contribution < 1.29 is 19.4 Å². The summed E-state index contributed by atoms with van der Waals surface area (Å²) in [5.41, 5.74) is 1.00. The van der Waals surface area contributed by atoms with Gasteiger partial charge < -0.3 is 15.2 Å². The predicted molar refractivity (Wildman–Crippen MR) is 85.9 cm³/mol. The highest BCUT2D eigenvalue weighted by molar-refractivity contribution is 5.94. The van der Waals surface area contributed by atoms with Gasteiger partial charge in [0.1, 0.15) is 11.3 Å². The second-order valence-corrected chi connectivity index (χ2v) is 5.02. The lowest BCUT2D eigenvalue weighted by molar-refractivity contribution is -0.130. The molecule has 2 N–H and O–H groups in total. The van der Waals surface area contributed by atoms with E-state index in [-0.39, 0.29) is 17.2 Å². The van der Waals surface area contributed by atoms with Gasteiger partial charge in [-0.2, -0.15) is 0 Å². The second kappa shape index (κ2) is 7.98. The molecule has 5 heteroatoms. The number of phenols is 1. The summed E-state index contributed by atoms with van der Waals surface area (Å²) < 4.78 is 5.21. The summed E-state index contributed by atoms with van der Waals surface area (Å²) in [6.07, 6.45) is -0.550. The van der Waals surface area contributed by atoms with Crippen molar-refractivity contribution in [2.45, 2.75) is 26.0 Å². The maximum absolute atomic E-state index is 12.1. The monoisotopic (exact) mass is 313 g/mol. The number of carbonyl (C=O) groups is 2. The molecular formula is C18H19NO4. The first-order chi connectivity index (χ1) is 11.1. The average molecular weight is 313 g/mol. The molecule has 1 atom stereocenters. The van der Waals surface area contributed by atoms with Gasteiger partial charge in [-0.1, -0.05) is 49.4 Å². The quantitative estimate of drug-likeness (QED) is 0.804. The molecule has 2 rings (SSSR count). The summed E-state index contributed by atoms with van der Waals surface area (Å²) >= 11 is 0. The van der Waals surface area contributed by atoms with Gasteiger partial charge in [0.25, 0.3) is 5.91 Å². The van der Waals surface area contributed by atoms with E-state index in [4.69, 9.17) is 4.74 Å². The van der Waals surface area contributed by atoms with Crippen molar-refractivity contribution >= 4 is 11.9 Å². The van der Waals surface area contributed by atoms with Gasteiger partial charge in [-0.15, -0.1) is 0 Å². The normalized spacial score (nSPS) is 11.5. The summed E-state index contributed by atoms with van der Waals surface area (Å²) in [5, 5.41) is 12.4. The van der Waals surface area contributed by atoms with E-state index in [0.29, 0.717) is 13.0 Å². The summed E-state index contributed by atoms with van der Waals surface area (Å²) in [6, 6.07) is 15.5. The van der Waals surface area contributed by atoms with Crippen LogP contribution in [-0.4, -0.2) is 23.1 Å². The maximum Gasteiger partial charge on any atom is 0.342 e. The Labute approximate surface area is 134 Å². The van der Waals surface area contributed by atoms with Gasteiger partial charge in [-0.25, -0.2) is 4.79 Å². The second-order valence-electron chi connectivity index (χ2n) is 5.02. The van der Waals surface area contributed by atoms with Crippen LogP contribution in [0.3, 0.4) is 0 Å². The fourth-order valence-electron chi connectivity index (χ4n) is 2.06. The van der Waals surface area contributed by atoms with Crippen molar-refractivity contribution in [3.8, 4) is 5.75 Å². The smallest absolute Gasteiger partial charge is 0.342 e. The average Bonchev–Trinajstić information content (AvgIpc) is 2.58. The molecule has 0 spiro atoms. The summed E-state index contributed by atoms with van der Waals surface area (Å²) in [5.74, 6) is -1.25. The molecule has 0 aliphatic heterocycles. The van der Waals surface area contributed by atoms with E-state index in [1.165, 1.54) is 12.1 Å². The highest BCUT2D eigenvalue weighted by Gasteiger charge is 2.23. The van der Waals surface area contributed by atoms with Gasteiger partial charge in [-0.05, 0) is 24.1 Å². The summed E-state index contributed by atoms with van der Waals surface area (Å²) in [6.45, 7) is 2.12. The predicted octanol–water partition coefficient (Wildman–Crippen LogP) is 2.64. The molecule has 0 bridgehead atoms. The molecule has 120 valence electrons. The number of amides is 1. The number of carbonyl (C=O) groups excluding carboxylic acids is 2. The van der Waals surface area contributed by atoms with Crippen LogP contribution in [0.15, 0.2) is 54.6 Å². The first kappa shape index (κ1) is 16.5. The van der Waals surface area contributed by atoms with Gasteiger partial charge in [0.05, 0.1) is 0 Å². The van der Waals surface area contributed by atoms with E-state index < -0.39 is 12.1 Å². The van der Waals surface area contributed by atoms with Crippen LogP contribution < -0.4 is 5.32 Å². The van der Waals surface area contributed by atoms with E-state index in [1.807, 2.05) is 30.3 Å². The Morgan fingerprint density at radius 3 is 2.39 bits per heavy atom. The number of hydrogen-bond donors (Lipinski definition) is 2. The molecular weight excluding hydrogens is 294 g/mol. The van der Waals surface area contributed by atoms with E-state index in [0.717, 1.165) is 5.56 Å². The number of rotatable bonds is 6. The van der Waals surface area contributed by atoms with Gasteiger partial charge >= 0.3 is 5.97 Å². The van der Waals surface area contributed by atoms with E-state index >= 15 is 0 Å². The highest BCUT2D eigenvalue weighted by atomic mass is 16.5. The van der Waals surface area contributed by atoms with Crippen molar-refractivity contribution in [3.63, 3.8) is 0 Å². The Balaban J connectivity index is 1.95. The molecule has 0 aliphatic rings. The van der Waals surface area contributed by atoms with E-state index in [1.54, 1.807) is 19.1 Å². The van der Waals surface area contributed by atoms with Crippen LogP contribution in [0.5, 0.6) is 5.75 Å². The maximum atomic E-state index is 12.1. The minimum absolute atomic E-state index is 0.0433. The Morgan fingerprint density at radius 2 is 1.74 bits per heavy atom. The first-order valence-electron chi connectivity index (χ1n) is 7.42. The van der Waals surface area contributed by atoms with E-state index in [2.05, 4.69) is 5.32 Å². The zero-order valence-corrected chi connectivity index (χ0v) is 12.9. The van der Waals surface area contributed by atoms with Gasteiger partial charge in [0, 0.05) is 6.54 Å². The van der Waals surface area contributed by atoms with Crippen molar-refractivity contribution in [1.82, 2.24) is 5.32 Å². The van der Waals surface area contributed by atoms with Crippen LogP contribution in [0.1, 0.15) is 29.3 Å². The van der Waals surface area contributed by atoms with Crippen LogP contribution >= 0.6 is 0 Å². The molecule has 23 heavy (non-hydrogen) atoms. The van der Waals surface area contributed by atoms with Crippen LogP contribution in [0.2, 0.25) is 0 Å². The number of nitrogens with one attached hydrogen (secondary N) is 1. The van der Waals surface area contributed by atoms with E-state index in [9.17, 15) is 14.7 Å². The largest absolute Gasteiger partial charge is 0.507 e. The fourth-order valence-corrected chi connectivity index (χ4v) is 2.06. The highest BCUT2D eigenvalue weighted by Crippen LogP contribution is 2.17. The third kappa shape index (κ3) is 4.57. The van der Waals surface area contributed by atoms with Crippen molar-refractivity contribution in [2.75, 3.05) is 0 Å². The molecule has 1 amide bonds. The van der Waals surface area contributed by atoms with Crippen LogP contribution in [-0.2, 0) is 16.1 Å². The Morgan fingerprint density at radius 1 is 1.09 bits per heavy atom. The van der Waals surface area contributed by atoms with Crippen LogP contribution in [0.4, 0.5) is 0 Å². The van der Waals surface area contributed by atoms with Crippen LogP contribution in [0.25, 0.3) is 0 Å². The molecule has 5 nitrogen and oxygen atoms in total. The molecule has 0 aliphatic carbocycles. The topological polar surface area (TPSA) is 75.6 Å². The summed E-state index contributed by atoms with van der Waals surface area (Å²) in [7, 11) is 0. The number of esters is 1. The van der Waals surface area contributed by atoms with Gasteiger partial charge in [0.2, 0.25) is 0 Å². The molecule has 2 aromatic carbocycles. The lowest BCUT2D eigenvalue weighted by Crippen LogP contribution is -2.37. The molecule has 0 aromatic heterocycles. The Bertz CT molecular complexity index is 670. The molecule has 0 saturated carbocycles. The van der Waals surface area contributed by atoms with Crippen molar-refractivity contribution in [1.29, 1.82) is 0 Å². The molecule has 0 radical (unpaired) electrons. The Kier molecular flexibility index (Phi) is 5.74. The van der Waals surface area contributed by atoms with Gasteiger partial charge in [0.15, 0.2) is 6.10 Å². The standard InChI is InChI=1S/C18H19NO4/c1-2-16(17(21)19-12-13-8-4-3-5-9-13)23-18(22)14-10-6-7-11-15(14)20/h3-11,16,20H,2,12H2,1H3,(H,19,21). The lowest BCUT2D eigenvalue weighted by atomic mass is 10.2. The first-order valence-corrected chi connectivity index (χ1v) is 7.42.